The quantitative estimate of drug-likeness (QED) is 0.903. The molecule has 25 heavy (non-hydrogen) atoms. The predicted molar refractivity (Wildman–Crippen MR) is 96.1 cm³/mol. The van der Waals surface area contributed by atoms with Gasteiger partial charge in [-0.05, 0) is 37.0 Å². The summed E-state index contributed by atoms with van der Waals surface area (Å²) in [5.74, 6) is 1.24. The maximum Gasteiger partial charge on any atom is 0.267 e. The first kappa shape index (κ1) is 16.4. The fourth-order valence-corrected chi connectivity index (χ4v) is 3.95. The summed E-state index contributed by atoms with van der Waals surface area (Å²) in [5.41, 5.74) is 2.00. The zero-order valence-electron chi connectivity index (χ0n) is 14.9. The van der Waals surface area contributed by atoms with Crippen molar-refractivity contribution in [3.8, 4) is 0 Å². The fourth-order valence-electron chi connectivity index (χ4n) is 3.95. The van der Waals surface area contributed by atoms with Crippen LogP contribution >= 0.6 is 0 Å². The van der Waals surface area contributed by atoms with Crippen LogP contribution in [0.1, 0.15) is 35.4 Å². The number of carbonyl (C=O) groups is 1. The normalized spacial score (nSPS) is 21.4. The Hall–Kier alpha value is -2.08. The lowest BCUT2D eigenvalue weighted by Crippen LogP contribution is -2.39. The molecule has 0 spiro atoms. The Kier molecular flexibility index (Phi) is 4.61. The topological polar surface area (TPSA) is 55.1 Å². The van der Waals surface area contributed by atoms with Gasteiger partial charge in [-0.1, -0.05) is 6.42 Å². The molecule has 0 bridgehead atoms. The Labute approximate surface area is 148 Å². The van der Waals surface area contributed by atoms with Crippen LogP contribution in [0.25, 0.3) is 0 Å². The largest absolute Gasteiger partial charge is 0.350 e. The van der Waals surface area contributed by atoms with Gasteiger partial charge in [-0.2, -0.15) is 5.10 Å². The molecule has 2 aromatic heterocycles. The highest BCUT2D eigenvalue weighted by molar-refractivity contribution is 5.92. The summed E-state index contributed by atoms with van der Waals surface area (Å²) >= 11 is 0. The van der Waals surface area contributed by atoms with Gasteiger partial charge in [0.25, 0.3) is 5.91 Å². The third-order valence-corrected chi connectivity index (χ3v) is 5.61. The lowest BCUT2D eigenvalue weighted by atomic mass is 9.85. The molecule has 1 N–H and O–H groups in total. The van der Waals surface area contributed by atoms with Crippen molar-refractivity contribution in [2.75, 3.05) is 19.6 Å². The highest BCUT2D eigenvalue weighted by Gasteiger charge is 2.27. The predicted octanol–water partition coefficient (Wildman–Crippen LogP) is 1.88. The van der Waals surface area contributed by atoms with Crippen molar-refractivity contribution in [2.24, 2.45) is 18.9 Å². The van der Waals surface area contributed by atoms with Gasteiger partial charge in [0.1, 0.15) is 5.69 Å². The summed E-state index contributed by atoms with van der Waals surface area (Å²) in [4.78, 5) is 15.0. The molecule has 6 heteroatoms. The van der Waals surface area contributed by atoms with Crippen LogP contribution in [0.15, 0.2) is 30.6 Å². The number of carbonyl (C=O) groups excluding carboxylic acids is 1. The van der Waals surface area contributed by atoms with Crippen LogP contribution in [0.4, 0.5) is 0 Å². The molecular weight excluding hydrogens is 314 g/mol. The van der Waals surface area contributed by atoms with Crippen molar-refractivity contribution in [1.82, 2.24) is 24.6 Å². The minimum Gasteiger partial charge on any atom is -0.350 e. The second-order valence-electron chi connectivity index (χ2n) is 7.58. The van der Waals surface area contributed by atoms with E-state index in [1.165, 1.54) is 31.5 Å². The molecule has 0 saturated heterocycles. The van der Waals surface area contributed by atoms with E-state index in [1.54, 1.807) is 0 Å². The minimum absolute atomic E-state index is 0.00276. The van der Waals surface area contributed by atoms with E-state index < -0.39 is 0 Å². The summed E-state index contributed by atoms with van der Waals surface area (Å²) in [6, 6.07) is 5.88. The molecule has 1 aliphatic heterocycles. The molecule has 6 nitrogen and oxygen atoms in total. The first-order valence-electron chi connectivity index (χ1n) is 9.31. The number of hydrogen-bond donors (Lipinski definition) is 1. The van der Waals surface area contributed by atoms with E-state index in [9.17, 15) is 4.79 Å². The monoisotopic (exact) mass is 341 g/mol. The van der Waals surface area contributed by atoms with Crippen molar-refractivity contribution < 1.29 is 4.79 Å². The van der Waals surface area contributed by atoms with Gasteiger partial charge in [0.2, 0.25) is 0 Å². The van der Waals surface area contributed by atoms with Crippen molar-refractivity contribution in [3.63, 3.8) is 0 Å². The first-order valence-corrected chi connectivity index (χ1v) is 9.31. The number of fused-ring (bicyclic) bond motifs is 1. The Morgan fingerprint density at radius 2 is 2.16 bits per heavy atom. The number of nitrogens with zero attached hydrogens (tertiary/aromatic N) is 4. The molecule has 1 saturated carbocycles. The Balaban J connectivity index is 1.41. The Morgan fingerprint density at radius 1 is 1.28 bits per heavy atom. The fraction of sp³-hybridized carbons (Fsp3) is 0.579. The van der Waals surface area contributed by atoms with E-state index in [-0.39, 0.29) is 5.91 Å². The molecule has 134 valence electrons. The Bertz CT molecular complexity index is 730. The van der Waals surface area contributed by atoms with Gasteiger partial charge < -0.3 is 9.88 Å². The number of rotatable bonds is 5. The average Bonchev–Trinajstić information content (AvgIpc) is 3.13. The average molecular weight is 341 g/mol. The van der Waals surface area contributed by atoms with E-state index in [4.69, 9.17) is 0 Å². The smallest absolute Gasteiger partial charge is 0.267 e. The van der Waals surface area contributed by atoms with Gasteiger partial charge in [-0.15, -0.1) is 0 Å². The van der Waals surface area contributed by atoms with Crippen LogP contribution in [-0.4, -0.2) is 44.8 Å². The highest BCUT2D eigenvalue weighted by atomic mass is 16.1. The van der Waals surface area contributed by atoms with Crippen LogP contribution < -0.4 is 5.32 Å². The van der Waals surface area contributed by atoms with E-state index in [1.807, 2.05) is 36.1 Å². The van der Waals surface area contributed by atoms with Crippen LogP contribution in [0, 0.1) is 11.8 Å². The maximum atomic E-state index is 12.4. The van der Waals surface area contributed by atoms with Gasteiger partial charge in [0, 0.05) is 58.1 Å². The van der Waals surface area contributed by atoms with Crippen LogP contribution in [0.2, 0.25) is 0 Å². The van der Waals surface area contributed by atoms with E-state index in [2.05, 4.69) is 26.1 Å². The number of aromatic nitrogens is 3. The summed E-state index contributed by atoms with van der Waals surface area (Å²) in [6.07, 6.45) is 7.90. The van der Waals surface area contributed by atoms with Crippen molar-refractivity contribution >= 4 is 5.91 Å². The summed E-state index contributed by atoms with van der Waals surface area (Å²) in [5, 5.41) is 7.60. The van der Waals surface area contributed by atoms with Crippen molar-refractivity contribution in [1.29, 1.82) is 0 Å². The summed E-state index contributed by atoms with van der Waals surface area (Å²) in [7, 11) is 1.90. The third-order valence-electron chi connectivity index (χ3n) is 5.61. The molecule has 1 atom stereocenters. The lowest BCUT2D eigenvalue weighted by molar-refractivity contribution is 0.0928. The van der Waals surface area contributed by atoms with Crippen molar-refractivity contribution in [2.45, 2.75) is 32.4 Å². The molecule has 3 heterocycles. The first-order chi connectivity index (χ1) is 12.2. The highest BCUT2D eigenvalue weighted by Crippen LogP contribution is 2.28. The molecular formula is C19H27N5O. The van der Waals surface area contributed by atoms with E-state index in [0.29, 0.717) is 18.2 Å². The molecule has 0 radical (unpaired) electrons. The molecule has 2 aliphatic rings. The standard InChI is InChI=1S/C19H27N5O/c1-22-9-3-6-18(22)19(25)20-10-16-12-23(11-15-4-2-5-15)14-17-7-8-21-24(17)13-16/h3,6-9,15-16H,2,4-5,10-14H2,1H3,(H,20,25). The Morgan fingerprint density at radius 3 is 2.88 bits per heavy atom. The van der Waals surface area contributed by atoms with Gasteiger partial charge in [0.15, 0.2) is 0 Å². The van der Waals surface area contributed by atoms with Crippen LogP contribution in [0.5, 0.6) is 0 Å². The molecule has 4 rings (SSSR count). The molecule has 2 aromatic rings. The SMILES string of the molecule is Cn1cccc1C(=O)NCC1CN(CC2CCC2)Cc2ccnn2C1. The van der Waals surface area contributed by atoms with Gasteiger partial charge in [-0.3, -0.25) is 14.4 Å². The zero-order chi connectivity index (χ0) is 17.2. The maximum absolute atomic E-state index is 12.4. The second kappa shape index (κ2) is 7.04. The minimum atomic E-state index is 0.00276. The molecule has 1 fully saturated rings. The van der Waals surface area contributed by atoms with Gasteiger partial charge >= 0.3 is 0 Å². The number of aryl methyl sites for hydroxylation is 1. The zero-order valence-corrected chi connectivity index (χ0v) is 14.9. The number of amides is 1. The van der Waals surface area contributed by atoms with Crippen molar-refractivity contribution in [3.05, 3.63) is 42.0 Å². The summed E-state index contributed by atoms with van der Waals surface area (Å²) < 4.78 is 3.97. The van der Waals surface area contributed by atoms with Crippen LogP contribution in [0.3, 0.4) is 0 Å². The summed E-state index contributed by atoms with van der Waals surface area (Å²) in [6.45, 7) is 4.72. The number of nitrogens with one attached hydrogen (secondary N) is 1. The molecule has 1 amide bonds. The second-order valence-corrected chi connectivity index (χ2v) is 7.58. The van der Waals surface area contributed by atoms with Gasteiger partial charge in [0.05, 0.1) is 5.69 Å². The molecule has 1 unspecified atom stereocenters. The van der Waals surface area contributed by atoms with Gasteiger partial charge in [-0.25, -0.2) is 0 Å². The van der Waals surface area contributed by atoms with E-state index >= 15 is 0 Å². The number of hydrogen-bond acceptors (Lipinski definition) is 3. The van der Waals surface area contributed by atoms with E-state index in [0.717, 1.165) is 25.6 Å². The molecule has 0 aromatic carbocycles. The lowest BCUT2D eigenvalue weighted by Gasteiger charge is -2.32. The van der Waals surface area contributed by atoms with Crippen LogP contribution in [-0.2, 0) is 20.1 Å². The molecule has 1 aliphatic carbocycles. The third kappa shape index (κ3) is 3.63.